The zero-order valence-electron chi connectivity index (χ0n) is 22.7. The molecule has 1 saturated heterocycles. The van der Waals surface area contributed by atoms with Crippen LogP contribution in [0.15, 0.2) is 36.7 Å². The number of ether oxygens (including phenoxy) is 2. The molecule has 1 fully saturated rings. The molecule has 41 heavy (non-hydrogen) atoms. The molecule has 220 valence electrons. The molecule has 0 bridgehead atoms. The van der Waals surface area contributed by atoms with Gasteiger partial charge < -0.3 is 30.2 Å². The highest BCUT2D eigenvalue weighted by atomic mass is 35.5. The minimum absolute atomic E-state index is 0.0434. The summed E-state index contributed by atoms with van der Waals surface area (Å²) in [4.78, 5) is 23.2. The van der Waals surface area contributed by atoms with E-state index in [2.05, 4.69) is 31.3 Å². The van der Waals surface area contributed by atoms with Crippen molar-refractivity contribution in [2.24, 2.45) is 0 Å². The normalized spacial score (nSPS) is 24.5. The highest BCUT2D eigenvalue weighted by Gasteiger charge is 2.56. The predicted octanol–water partition coefficient (Wildman–Crippen LogP) is 2.45. The first-order valence-electron chi connectivity index (χ1n) is 12.6. The number of nitrogens with zero attached hydrogens (tertiary/aromatic N) is 4. The molecule has 4 rings (SSSR count). The van der Waals surface area contributed by atoms with Crippen LogP contribution in [0.2, 0.25) is 0 Å². The van der Waals surface area contributed by atoms with Crippen LogP contribution < -0.4 is 20.7 Å². The number of rotatable bonds is 11. The first-order chi connectivity index (χ1) is 19.4. The number of halogens is 1. The molecule has 6 atom stereocenters. The van der Waals surface area contributed by atoms with E-state index in [-0.39, 0.29) is 17.3 Å². The van der Waals surface area contributed by atoms with E-state index in [0.717, 1.165) is 0 Å². The number of imidazole rings is 1. The first kappa shape index (κ1) is 30.5. The maximum absolute atomic E-state index is 13.8. The maximum Gasteiger partial charge on any atom is 0.459 e. The summed E-state index contributed by atoms with van der Waals surface area (Å²) in [5.74, 6) is 2.24. The van der Waals surface area contributed by atoms with Crippen LogP contribution in [0.4, 0.5) is 11.8 Å². The van der Waals surface area contributed by atoms with Crippen LogP contribution in [0, 0.1) is 12.3 Å². The van der Waals surface area contributed by atoms with Gasteiger partial charge in [0.25, 0.3) is 0 Å². The van der Waals surface area contributed by atoms with E-state index in [9.17, 15) is 14.5 Å². The second kappa shape index (κ2) is 12.2. The third-order valence-electron chi connectivity index (χ3n) is 6.03. The number of nitrogen functional groups attached to an aromatic ring is 1. The summed E-state index contributed by atoms with van der Waals surface area (Å²) in [5, 5.41) is 16.6. The van der Waals surface area contributed by atoms with E-state index >= 15 is 0 Å². The molecule has 0 saturated carbocycles. The van der Waals surface area contributed by atoms with Gasteiger partial charge in [-0.05, 0) is 32.9 Å². The van der Waals surface area contributed by atoms with Crippen LogP contribution in [-0.2, 0) is 23.4 Å². The van der Waals surface area contributed by atoms with Crippen LogP contribution in [0.1, 0.15) is 27.0 Å². The number of aliphatic hydroxyl groups excluding tert-OH is 1. The minimum atomic E-state index is -4.26. The molecule has 1 aliphatic heterocycles. The summed E-state index contributed by atoms with van der Waals surface area (Å²) in [6.07, 6.45) is 2.85. The lowest BCUT2D eigenvalue weighted by Crippen LogP contribution is -2.41. The van der Waals surface area contributed by atoms with E-state index in [1.165, 1.54) is 17.8 Å². The fraction of sp³-hybridized carbons (Fsp3) is 0.440. The molecule has 5 N–H and O–H groups in total. The van der Waals surface area contributed by atoms with E-state index in [0.29, 0.717) is 11.3 Å². The zero-order chi connectivity index (χ0) is 29.9. The largest absolute Gasteiger partial charge is 0.462 e. The van der Waals surface area contributed by atoms with E-state index in [4.69, 9.17) is 42.3 Å². The van der Waals surface area contributed by atoms with Crippen molar-refractivity contribution in [1.82, 2.24) is 24.6 Å². The average Bonchev–Trinajstić information content (AvgIpc) is 3.45. The fourth-order valence-electron chi connectivity index (χ4n) is 4.10. The topological polar surface area (TPSA) is 185 Å². The molecular weight excluding hydrogens is 577 g/mol. The second-order valence-corrected chi connectivity index (χ2v) is 11.7. The Labute approximate surface area is 241 Å². The lowest BCUT2D eigenvalue weighted by molar-refractivity contribution is -0.149. The number of anilines is 2. The van der Waals surface area contributed by atoms with Crippen molar-refractivity contribution in [3.8, 4) is 18.1 Å². The molecule has 14 nitrogen and oxygen atoms in total. The van der Waals surface area contributed by atoms with Crippen molar-refractivity contribution in [2.75, 3.05) is 24.7 Å². The third kappa shape index (κ3) is 6.41. The quantitative estimate of drug-likeness (QED) is 0.108. The van der Waals surface area contributed by atoms with Gasteiger partial charge in [0.2, 0.25) is 5.95 Å². The van der Waals surface area contributed by atoms with Gasteiger partial charge in [0.15, 0.2) is 28.1 Å². The number of para-hydroxylation sites is 1. The SMILES string of the molecule is C#C[C@@]1(Cl)[C@H](O)[C@@H](COP(=O)(N[C@H](C)C(=O)OC(C)C)Oc2ccccc2)O[C@H]1n1cnc2c(NC)nc(N)nc21. The average molecular weight is 608 g/mol. The van der Waals surface area contributed by atoms with Gasteiger partial charge in [0.1, 0.15) is 24.0 Å². The molecule has 3 aromatic rings. The monoisotopic (exact) mass is 607 g/mol. The van der Waals surface area contributed by atoms with Gasteiger partial charge in [-0.25, -0.2) is 9.55 Å². The number of benzene rings is 1. The van der Waals surface area contributed by atoms with Gasteiger partial charge in [0, 0.05) is 7.05 Å². The standard InChI is InChI=1S/C25H31ClN7O7P/c1-6-25(26)19(34)17(39-23(25)33-13-29-18-20(28-5)30-24(27)31-21(18)33)12-37-41(36,40-16-10-8-7-9-11-16)32-15(4)22(35)38-14(2)3/h1,7-11,13-15,17,19,23,34H,12H2,2-5H3,(H,32,36)(H3,27,28,30,31)/t15-,17-,19-,23-,25-,41?/m1/s1. The highest BCUT2D eigenvalue weighted by Crippen LogP contribution is 2.48. The van der Waals surface area contributed by atoms with Crippen molar-refractivity contribution < 1.29 is 33.0 Å². The smallest absolute Gasteiger partial charge is 0.459 e. The van der Waals surface area contributed by atoms with Crippen molar-refractivity contribution in [3.05, 3.63) is 36.7 Å². The number of fused-ring (bicyclic) bond motifs is 1. The minimum Gasteiger partial charge on any atom is -0.462 e. The molecule has 1 unspecified atom stereocenters. The molecule has 3 heterocycles. The summed E-state index contributed by atoms with van der Waals surface area (Å²) < 4.78 is 37.8. The van der Waals surface area contributed by atoms with Crippen LogP contribution in [-0.4, -0.2) is 73.5 Å². The Kier molecular flexibility index (Phi) is 9.08. The van der Waals surface area contributed by atoms with Crippen molar-refractivity contribution >= 4 is 48.2 Å². The molecule has 1 aliphatic rings. The first-order valence-corrected chi connectivity index (χ1v) is 14.5. The van der Waals surface area contributed by atoms with Crippen LogP contribution in [0.25, 0.3) is 11.2 Å². The Morgan fingerprint density at radius 2 is 2.05 bits per heavy atom. The number of nitrogens with two attached hydrogens (primary N) is 1. The summed E-state index contributed by atoms with van der Waals surface area (Å²) in [5.41, 5.74) is 6.47. The predicted molar refractivity (Wildman–Crippen MR) is 151 cm³/mol. The Bertz CT molecular complexity index is 1480. The van der Waals surface area contributed by atoms with Crippen molar-refractivity contribution in [3.63, 3.8) is 0 Å². The van der Waals surface area contributed by atoms with Gasteiger partial charge in [-0.3, -0.25) is 13.9 Å². The molecule has 0 radical (unpaired) electrons. The Hall–Kier alpha value is -3.44. The second-order valence-electron chi connectivity index (χ2n) is 9.42. The maximum atomic E-state index is 13.8. The summed E-state index contributed by atoms with van der Waals surface area (Å²) in [6.45, 7) is 4.32. The summed E-state index contributed by atoms with van der Waals surface area (Å²) in [6, 6.07) is 7.14. The number of carbonyl (C=O) groups excluding carboxylic acids is 1. The number of esters is 1. The molecule has 0 amide bonds. The summed E-state index contributed by atoms with van der Waals surface area (Å²) in [7, 11) is -2.62. The Morgan fingerprint density at radius 3 is 2.68 bits per heavy atom. The van der Waals surface area contributed by atoms with Gasteiger partial charge in [-0.15, -0.1) is 6.42 Å². The summed E-state index contributed by atoms with van der Waals surface area (Å²) >= 11 is 6.74. The van der Waals surface area contributed by atoms with Gasteiger partial charge in [0.05, 0.1) is 19.0 Å². The fourth-order valence-corrected chi connectivity index (χ4v) is 5.90. The number of carbonyl (C=O) groups is 1. The third-order valence-corrected chi connectivity index (χ3v) is 8.19. The molecule has 1 aromatic carbocycles. The van der Waals surface area contributed by atoms with Crippen molar-refractivity contribution in [2.45, 2.75) is 56.2 Å². The number of hydrogen-bond donors (Lipinski definition) is 4. The van der Waals surface area contributed by atoms with Gasteiger partial charge >= 0.3 is 13.7 Å². The molecule has 0 aliphatic carbocycles. The van der Waals surface area contributed by atoms with Crippen LogP contribution >= 0.6 is 19.3 Å². The number of nitrogens with one attached hydrogen (secondary N) is 2. The van der Waals surface area contributed by atoms with Crippen LogP contribution in [0.3, 0.4) is 0 Å². The van der Waals surface area contributed by atoms with E-state index in [1.807, 2.05) is 0 Å². The highest BCUT2D eigenvalue weighted by molar-refractivity contribution is 7.52. The number of aliphatic hydroxyl groups is 1. The Morgan fingerprint density at radius 1 is 1.34 bits per heavy atom. The lowest BCUT2D eigenvalue weighted by atomic mass is 9.99. The lowest BCUT2D eigenvalue weighted by Gasteiger charge is -2.26. The number of hydrogen-bond acceptors (Lipinski definition) is 12. The van der Waals surface area contributed by atoms with E-state index < -0.39 is 55.8 Å². The molecule has 0 spiro atoms. The van der Waals surface area contributed by atoms with Crippen LogP contribution in [0.5, 0.6) is 5.75 Å². The van der Waals surface area contributed by atoms with Gasteiger partial charge in [-0.1, -0.05) is 35.7 Å². The molecule has 2 aromatic heterocycles. The number of alkyl halides is 1. The van der Waals surface area contributed by atoms with Crippen molar-refractivity contribution in [1.29, 1.82) is 0 Å². The van der Waals surface area contributed by atoms with Gasteiger partial charge in [-0.2, -0.15) is 15.1 Å². The number of terminal acetylenes is 1. The Balaban J connectivity index is 1.60. The zero-order valence-corrected chi connectivity index (χ0v) is 24.4. The molecule has 16 heteroatoms. The van der Waals surface area contributed by atoms with E-state index in [1.54, 1.807) is 51.2 Å². The number of aromatic nitrogens is 4. The molecular formula is C25H31ClN7O7P.